The third-order valence-corrected chi connectivity index (χ3v) is 2.24. The Morgan fingerprint density at radius 3 is 2.57 bits per heavy atom. The zero-order valence-corrected chi connectivity index (χ0v) is 9.13. The number of hydrogen-bond donors (Lipinski definition) is 0. The van der Waals surface area contributed by atoms with Crippen LogP contribution in [0.5, 0.6) is 0 Å². The molecule has 1 aromatic rings. The maximum absolute atomic E-state index is 5.81. The molecule has 2 heteroatoms. The van der Waals surface area contributed by atoms with Gasteiger partial charge in [0, 0.05) is 11.6 Å². The fraction of sp³-hybridized carbons (Fsp3) is 0.333. The van der Waals surface area contributed by atoms with Crippen LogP contribution in [0.1, 0.15) is 25.0 Å². The summed E-state index contributed by atoms with van der Waals surface area (Å²) in [7, 11) is 0. The number of ether oxygens (including phenoxy) is 1. The van der Waals surface area contributed by atoms with E-state index in [-0.39, 0.29) is 6.10 Å². The van der Waals surface area contributed by atoms with Gasteiger partial charge in [-0.15, -0.1) is 6.58 Å². The van der Waals surface area contributed by atoms with Gasteiger partial charge in [-0.1, -0.05) is 29.8 Å². The van der Waals surface area contributed by atoms with Crippen LogP contribution in [0.15, 0.2) is 36.9 Å². The molecular weight excluding hydrogens is 196 g/mol. The average Bonchev–Trinajstić information content (AvgIpc) is 2.19. The first-order valence-electron chi connectivity index (χ1n) is 4.76. The van der Waals surface area contributed by atoms with Crippen LogP contribution in [0.3, 0.4) is 0 Å². The van der Waals surface area contributed by atoms with Gasteiger partial charge in [0.1, 0.15) is 0 Å². The predicted octanol–water partition coefficient (Wildman–Crippen LogP) is 3.99. The summed E-state index contributed by atoms with van der Waals surface area (Å²) in [6.07, 6.45) is 2.81. The fourth-order valence-corrected chi connectivity index (χ4v) is 1.46. The molecule has 14 heavy (non-hydrogen) atoms. The average molecular weight is 211 g/mol. The molecular formula is C12H15ClO. The van der Waals surface area contributed by atoms with Gasteiger partial charge in [0.05, 0.1) is 6.10 Å². The zero-order valence-electron chi connectivity index (χ0n) is 8.37. The van der Waals surface area contributed by atoms with E-state index in [1.807, 2.05) is 37.3 Å². The lowest BCUT2D eigenvalue weighted by molar-refractivity contribution is 0.0648. The lowest BCUT2D eigenvalue weighted by Gasteiger charge is -2.15. The van der Waals surface area contributed by atoms with Gasteiger partial charge in [-0.3, -0.25) is 0 Å². The van der Waals surface area contributed by atoms with E-state index in [2.05, 4.69) is 6.58 Å². The third-order valence-electron chi connectivity index (χ3n) is 1.99. The second kappa shape index (κ2) is 5.84. The van der Waals surface area contributed by atoms with Crippen molar-refractivity contribution in [2.75, 3.05) is 6.61 Å². The fourth-order valence-electron chi connectivity index (χ4n) is 1.33. The molecule has 0 fully saturated rings. The first-order valence-corrected chi connectivity index (χ1v) is 5.13. The molecule has 0 aliphatic rings. The summed E-state index contributed by atoms with van der Waals surface area (Å²) in [4.78, 5) is 0. The normalized spacial score (nSPS) is 12.4. The Hall–Kier alpha value is -0.790. The summed E-state index contributed by atoms with van der Waals surface area (Å²) in [5.41, 5.74) is 1.15. The predicted molar refractivity (Wildman–Crippen MR) is 60.6 cm³/mol. The van der Waals surface area contributed by atoms with E-state index < -0.39 is 0 Å². The van der Waals surface area contributed by atoms with Gasteiger partial charge in [-0.05, 0) is 31.0 Å². The monoisotopic (exact) mass is 210 g/mol. The highest BCUT2D eigenvalue weighted by Crippen LogP contribution is 2.22. The molecule has 1 aromatic carbocycles. The first kappa shape index (κ1) is 11.3. The van der Waals surface area contributed by atoms with Crippen molar-refractivity contribution in [1.82, 2.24) is 0 Å². The molecule has 1 unspecified atom stereocenters. The van der Waals surface area contributed by atoms with Gasteiger partial charge in [0.25, 0.3) is 0 Å². The Bertz CT molecular complexity index is 279. The van der Waals surface area contributed by atoms with Crippen molar-refractivity contribution in [1.29, 1.82) is 0 Å². The van der Waals surface area contributed by atoms with Crippen molar-refractivity contribution in [2.24, 2.45) is 0 Å². The lowest BCUT2D eigenvalue weighted by atomic mass is 10.1. The lowest BCUT2D eigenvalue weighted by Crippen LogP contribution is -2.02. The van der Waals surface area contributed by atoms with Crippen LogP contribution in [0, 0.1) is 0 Å². The highest BCUT2D eigenvalue weighted by atomic mass is 35.5. The summed E-state index contributed by atoms with van der Waals surface area (Å²) < 4.78 is 5.59. The molecule has 0 saturated heterocycles. The minimum absolute atomic E-state index is 0.106. The molecule has 1 nitrogen and oxygen atoms in total. The van der Waals surface area contributed by atoms with E-state index in [1.54, 1.807) is 0 Å². The van der Waals surface area contributed by atoms with Crippen molar-refractivity contribution < 1.29 is 4.74 Å². The molecule has 1 atom stereocenters. The van der Waals surface area contributed by atoms with Crippen molar-refractivity contribution >= 4 is 11.6 Å². The van der Waals surface area contributed by atoms with Gasteiger partial charge in [-0.2, -0.15) is 0 Å². The van der Waals surface area contributed by atoms with E-state index >= 15 is 0 Å². The van der Waals surface area contributed by atoms with E-state index in [0.29, 0.717) is 6.61 Å². The topological polar surface area (TPSA) is 9.23 Å². The first-order chi connectivity index (χ1) is 6.77. The zero-order chi connectivity index (χ0) is 10.4. The molecule has 0 saturated carbocycles. The summed E-state index contributed by atoms with van der Waals surface area (Å²) in [5, 5.41) is 0.752. The van der Waals surface area contributed by atoms with Crippen molar-refractivity contribution in [3.63, 3.8) is 0 Å². The maximum Gasteiger partial charge on any atom is 0.0859 e. The molecule has 0 heterocycles. The molecule has 1 rings (SSSR count). The molecule has 76 valence electrons. The molecule has 0 bridgehead atoms. The van der Waals surface area contributed by atoms with Crippen LogP contribution in [-0.4, -0.2) is 6.61 Å². The van der Waals surface area contributed by atoms with Crippen LogP contribution >= 0.6 is 11.6 Å². The van der Waals surface area contributed by atoms with E-state index in [4.69, 9.17) is 16.3 Å². The number of halogens is 1. The number of rotatable bonds is 5. The summed E-state index contributed by atoms with van der Waals surface area (Å²) >= 11 is 5.81. The molecule has 0 aliphatic heterocycles. The highest BCUT2D eigenvalue weighted by Gasteiger charge is 2.08. The van der Waals surface area contributed by atoms with Crippen LogP contribution in [0.25, 0.3) is 0 Å². The van der Waals surface area contributed by atoms with E-state index in [1.165, 1.54) is 0 Å². The molecule has 0 aliphatic carbocycles. The van der Waals surface area contributed by atoms with Gasteiger partial charge < -0.3 is 4.74 Å². The molecule has 0 N–H and O–H groups in total. The Labute approximate surface area is 90.3 Å². The smallest absolute Gasteiger partial charge is 0.0859 e. The van der Waals surface area contributed by atoms with Crippen LogP contribution in [0.4, 0.5) is 0 Å². The highest BCUT2D eigenvalue weighted by molar-refractivity contribution is 6.30. The van der Waals surface area contributed by atoms with Crippen molar-refractivity contribution in [3.05, 3.63) is 47.5 Å². The summed E-state index contributed by atoms with van der Waals surface area (Å²) in [6, 6.07) is 7.75. The SMILES string of the molecule is C=CCC(OCC)c1ccc(Cl)cc1. The number of benzene rings is 1. The van der Waals surface area contributed by atoms with Crippen LogP contribution in [0.2, 0.25) is 5.02 Å². The second-order valence-electron chi connectivity index (χ2n) is 3.02. The Balaban J connectivity index is 2.76. The summed E-state index contributed by atoms with van der Waals surface area (Å²) in [5.74, 6) is 0. The number of hydrogen-bond acceptors (Lipinski definition) is 1. The third kappa shape index (κ3) is 3.17. The maximum atomic E-state index is 5.81. The van der Waals surface area contributed by atoms with Gasteiger partial charge in [-0.25, -0.2) is 0 Å². The molecule has 0 amide bonds. The van der Waals surface area contributed by atoms with Crippen molar-refractivity contribution in [3.8, 4) is 0 Å². The van der Waals surface area contributed by atoms with E-state index in [9.17, 15) is 0 Å². The molecule has 0 radical (unpaired) electrons. The second-order valence-corrected chi connectivity index (χ2v) is 3.46. The largest absolute Gasteiger partial charge is 0.373 e. The minimum Gasteiger partial charge on any atom is -0.373 e. The Kier molecular flexibility index (Phi) is 4.71. The van der Waals surface area contributed by atoms with Gasteiger partial charge >= 0.3 is 0 Å². The van der Waals surface area contributed by atoms with Crippen LogP contribution in [-0.2, 0) is 4.74 Å². The minimum atomic E-state index is 0.106. The Morgan fingerprint density at radius 2 is 2.07 bits per heavy atom. The quantitative estimate of drug-likeness (QED) is 0.668. The summed E-state index contributed by atoms with van der Waals surface area (Å²) in [6.45, 7) is 6.42. The molecule has 0 spiro atoms. The molecule has 0 aromatic heterocycles. The Morgan fingerprint density at radius 1 is 1.43 bits per heavy atom. The van der Waals surface area contributed by atoms with E-state index in [0.717, 1.165) is 17.0 Å². The standard InChI is InChI=1S/C12H15ClO/c1-3-5-12(14-4-2)10-6-8-11(13)9-7-10/h3,6-9,12H,1,4-5H2,2H3. The van der Waals surface area contributed by atoms with Crippen molar-refractivity contribution in [2.45, 2.75) is 19.4 Å². The van der Waals surface area contributed by atoms with Gasteiger partial charge in [0.15, 0.2) is 0 Å². The van der Waals surface area contributed by atoms with Gasteiger partial charge in [0.2, 0.25) is 0 Å². The van der Waals surface area contributed by atoms with Crippen LogP contribution < -0.4 is 0 Å².